The van der Waals surface area contributed by atoms with Gasteiger partial charge in [-0.2, -0.15) is 0 Å². The second-order valence-electron chi connectivity index (χ2n) is 5.92. The third kappa shape index (κ3) is 4.98. The minimum Gasteiger partial charge on any atom is -0.409 e. The number of halogens is 1. The van der Waals surface area contributed by atoms with Crippen LogP contribution < -0.4 is 10.1 Å². The summed E-state index contributed by atoms with van der Waals surface area (Å²) in [4.78, 5) is 36.7. The van der Waals surface area contributed by atoms with E-state index >= 15 is 0 Å². The van der Waals surface area contributed by atoms with Crippen LogP contribution in [-0.4, -0.2) is 34.9 Å². The number of amides is 2. The summed E-state index contributed by atoms with van der Waals surface area (Å²) in [5.74, 6) is -0.445. The number of nitrogens with zero attached hydrogens (tertiary/aromatic N) is 2. The number of carbonyl (C=O) groups excluding carboxylic acids is 2. The number of hydrogen-bond donors (Lipinski definition) is 1. The van der Waals surface area contributed by atoms with Crippen molar-refractivity contribution in [3.63, 3.8) is 0 Å². The van der Waals surface area contributed by atoms with Crippen molar-refractivity contribution in [2.75, 3.05) is 18.4 Å². The van der Waals surface area contributed by atoms with E-state index < -0.39 is 16.9 Å². The van der Waals surface area contributed by atoms with Gasteiger partial charge < -0.3 is 15.0 Å². The molecule has 0 fully saturated rings. The minimum atomic E-state index is -0.581. The second kappa shape index (κ2) is 9.18. The van der Waals surface area contributed by atoms with Gasteiger partial charge in [0.2, 0.25) is 0 Å². The van der Waals surface area contributed by atoms with Gasteiger partial charge in [-0.25, -0.2) is 4.79 Å². The number of benzene rings is 2. The molecule has 0 saturated carbocycles. The summed E-state index contributed by atoms with van der Waals surface area (Å²) in [5.41, 5.74) is 0.963. The first-order valence-electron chi connectivity index (χ1n) is 8.59. The molecule has 0 aliphatic rings. The van der Waals surface area contributed by atoms with Crippen molar-refractivity contribution in [1.82, 2.24) is 4.90 Å². The molecule has 0 bridgehead atoms. The summed E-state index contributed by atoms with van der Waals surface area (Å²) < 4.78 is 5.39. The van der Waals surface area contributed by atoms with Crippen LogP contribution in [0.1, 0.15) is 29.8 Å². The Balaban J connectivity index is 2.29. The Kier molecular flexibility index (Phi) is 6.94. The Bertz CT molecular complexity index is 912. The highest BCUT2D eigenvalue weighted by atomic mass is 35.5. The van der Waals surface area contributed by atoms with Crippen molar-refractivity contribution < 1.29 is 19.2 Å². The van der Waals surface area contributed by atoms with E-state index in [1.54, 1.807) is 25.1 Å². The number of nitro groups is 1. The Hall–Kier alpha value is -3.13. The Morgan fingerprint density at radius 1 is 1.18 bits per heavy atom. The lowest BCUT2D eigenvalue weighted by molar-refractivity contribution is -0.384. The van der Waals surface area contributed by atoms with E-state index in [4.69, 9.17) is 16.3 Å². The Morgan fingerprint density at radius 2 is 1.86 bits per heavy atom. The number of rotatable bonds is 6. The summed E-state index contributed by atoms with van der Waals surface area (Å²) in [6.45, 7) is 6.39. The van der Waals surface area contributed by atoms with Gasteiger partial charge in [0, 0.05) is 25.2 Å². The summed E-state index contributed by atoms with van der Waals surface area (Å²) >= 11 is 6.03. The zero-order chi connectivity index (χ0) is 20.8. The molecule has 0 radical (unpaired) electrons. The molecule has 0 heterocycles. The molecule has 28 heavy (non-hydrogen) atoms. The standard InChI is InChI=1S/C19H20ClN3O5/c1-4-22(5-2)19(25)28-17-9-6-12(3)10-14(17)18(24)21-16-8-7-13(23(26)27)11-15(16)20/h6-11H,4-5H2,1-3H3,(H,21,24). The number of nitrogens with one attached hydrogen (secondary N) is 1. The van der Waals surface area contributed by atoms with E-state index in [-0.39, 0.29) is 27.7 Å². The molecule has 0 spiro atoms. The summed E-state index contributed by atoms with van der Waals surface area (Å²) in [7, 11) is 0. The molecule has 0 saturated heterocycles. The number of nitro benzene ring substituents is 1. The molecule has 148 valence electrons. The largest absolute Gasteiger partial charge is 0.415 e. The second-order valence-corrected chi connectivity index (χ2v) is 6.32. The fourth-order valence-electron chi connectivity index (χ4n) is 2.46. The Morgan fingerprint density at radius 3 is 2.43 bits per heavy atom. The monoisotopic (exact) mass is 405 g/mol. The minimum absolute atomic E-state index is 0.0249. The van der Waals surface area contributed by atoms with E-state index in [0.29, 0.717) is 13.1 Å². The molecular formula is C19H20ClN3O5. The van der Waals surface area contributed by atoms with Crippen LogP contribution in [0.3, 0.4) is 0 Å². The smallest absolute Gasteiger partial charge is 0.409 e. The van der Waals surface area contributed by atoms with Gasteiger partial charge in [-0.1, -0.05) is 23.2 Å². The molecule has 2 aromatic carbocycles. The SMILES string of the molecule is CCN(CC)C(=O)Oc1ccc(C)cc1C(=O)Nc1ccc([N+](=O)[O-])cc1Cl. The highest BCUT2D eigenvalue weighted by Gasteiger charge is 2.20. The maximum Gasteiger partial charge on any atom is 0.415 e. The van der Waals surface area contributed by atoms with Crippen molar-refractivity contribution in [2.45, 2.75) is 20.8 Å². The van der Waals surface area contributed by atoms with Gasteiger partial charge in [0.15, 0.2) is 0 Å². The molecule has 1 N–H and O–H groups in total. The molecule has 0 aromatic heterocycles. The number of non-ortho nitro benzene ring substituents is 1. The molecule has 2 rings (SSSR count). The van der Waals surface area contributed by atoms with Gasteiger partial charge in [-0.15, -0.1) is 0 Å². The molecule has 2 amide bonds. The highest BCUT2D eigenvalue weighted by molar-refractivity contribution is 6.34. The molecule has 2 aromatic rings. The maximum absolute atomic E-state index is 12.7. The third-order valence-corrected chi connectivity index (χ3v) is 4.32. The highest BCUT2D eigenvalue weighted by Crippen LogP contribution is 2.28. The number of aryl methyl sites for hydroxylation is 1. The lowest BCUT2D eigenvalue weighted by atomic mass is 10.1. The molecule has 8 nitrogen and oxygen atoms in total. The topological polar surface area (TPSA) is 102 Å². The first-order valence-corrected chi connectivity index (χ1v) is 8.97. The molecule has 0 aliphatic carbocycles. The van der Waals surface area contributed by atoms with E-state index in [0.717, 1.165) is 11.6 Å². The zero-order valence-electron chi connectivity index (χ0n) is 15.7. The van der Waals surface area contributed by atoms with Crippen molar-refractivity contribution in [3.05, 3.63) is 62.7 Å². The fraction of sp³-hybridized carbons (Fsp3) is 0.263. The van der Waals surface area contributed by atoms with Crippen LogP contribution in [0.4, 0.5) is 16.2 Å². The summed E-state index contributed by atoms with van der Waals surface area (Å²) in [6, 6.07) is 8.58. The molecule has 9 heteroatoms. The van der Waals surface area contributed by atoms with Crippen LogP contribution in [0.15, 0.2) is 36.4 Å². The van der Waals surface area contributed by atoms with Crippen LogP contribution in [0.25, 0.3) is 0 Å². The normalized spacial score (nSPS) is 10.3. The van der Waals surface area contributed by atoms with Gasteiger partial charge in [0.1, 0.15) is 5.75 Å². The molecule has 0 aliphatic heterocycles. The first-order chi connectivity index (χ1) is 13.3. The van der Waals surface area contributed by atoms with E-state index in [1.165, 1.54) is 17.0 Å². The average Bonchev–Trinajstić information content (AvgIpc) is 2.65. The number of anilines is 1. The van der Waals surface area contributed by atoms with Crippen LogP contribution in [0.2, 0.25) is 5.02 Å². The molecular weight excluding hydrogens is 386 g/mol. The lowest BCUT2D eigenvalue weighted by Gasteiger charge is -2.19. The maximum atomic E-state index is 12.7. The zero-order valence-corrected chi connectivity index (χ0v) is 16.4. The predicted molar refractivity (Wildman–Crippen MR) is 106 cm³/mol. The molecule has 0 atom stereocenters. The average molecular weight is 406 g/mol. The molecule has 0 unspecified atom stereocenters. The number of carbonyl (C=O) groups is 2. The van der Waals surface area contributed by atoms with Crippen molar-refractivity contribution in [1.29, 1.82) is 0 Å². The summed E-state index contributed by atoms with van der Waals surface area (Å²) in [5, 5.41) is 13.4. The first kappa shape index (κ1) is 21.2. The number of hydrogen-bond acceptors (Lipinski definition) is 5. The van der Waals surface area contributed by atoms with E-state index in [9.17, 15) is 19.7 Å². The quantitative estimate of drug-likeness (QED) is 0.556. The van der Waals surface area contributed by atoms with E-state index in [2.05, 4.69) is 5.32 Å². The van der Waals surface area contributed by atoms with Gasteiger partial charge in [0.25, 0.3) is 11.6 Å². The van der Waals surface area contributed by atoms with Gasteiger partial charge in [-0.3, -0.25) is 14.9 Å². The van der Waals surface area contributed by atoms with Gasteiger partial charge in [-0.05, 0) is 39.0 Å². The predicted octanol–water partition coefficient (Wildman–Crippen LogP) is 4.65. The third-order valence-electron chi connectivity index (χ3n) is 4.01. The fourth-order valence-corrected chi connectivity index (χ4v) is 2.68. The van der Waals surface area contributed by atoms with Crippen LogP contribution in [0, 0.1) is 17.0 Å². The lowest BCUT2D eigenvalue weighted by Crippen LogP contribution is -2.33. The van der Waals surface area contributed by atoms with Gasteiger partial charge in [0.05, 0.1) is 21.2 Å². The number of ether oxygens (including phenoxy) is 1. The van der Waals surface area contributed by atoms with Crippen LogP contribution >= 0.6 is 11.6 Å². The Labute approximate surface area is 167 Å². The van der Waals surface area contributed by atoms with Crippen molar-refractivity contribution >= 4 is 35.0 Å². The van der Waals surface area contributed by atoms with Crippen LogP contribution in [-0.2, 0) is 0 Å². The van der Waals surface area contributed by atoms with Crippen molar-refractivity contribution in [2.24, 2.45) is 0 Å². The van der Waals surface area contributed by atoms with Crippen molar-refractivity contribution in [3.8, 4) is 5.75 Å². The van der Waals surface area contributed by atoms with Crippen LogP contribution in [0.5, 0.6) is 5.75 Å². The summed E-state index contributed by atoms with van der Waals surface area (Å²) in [6.07, 6.45) is -0.559. The van der Waals surface area contributed by atoms with E-state index in [1.807, 2.05) is 13.8 Å². The van der Waals surface area contributed by atoms with Gasteiger partial charge >= 0.3 is 6.09 Å².